The molecule has 4 aromatic rings. The predicted octanol–water partition coefficient (Wildman–Crippen LogP) is 4.99. The van der Waals surface area contributed by atoms with Crippen molar-refractivity contribution in [2.24, 2.45) is 0 Å². The summed E-state index contributed by atoms with van der Waals surface area (Å²) in [6, 6.07) is 16.2. The number of hydrogen-bond donors (Lipinski definition) is 2. The highest BCUT2D eigenvalue weighted by Gasteiger charge is 2.45. The lowest BCUT2D eigenvalue weighted by Crippen LogP contribution is -2.30. The van der Waals surface area contributed by atoms with Gasteiger partial charge in [0, 0.05) is 15.8 Å². The SMILES string of the molecule is COc1cccc(C2C(C(=O)c3cc4ccccc4o3)=C(O)C(=O)N2Cc2cccs2)c1O. The number of thiophene rings is 1. The minimum Gasteiger partial charge on any atom is -0.504 e. The van der Waals surface area contributed by atoms with Crippen molar-refractivity contribution in [3.05, 3.63) is 93.6 Å². The van der Waals surface area contributed by atoms with Gasteiger partial charge in [-0.2, -0.15) is 0 Å². The predicted molar refractivity (Wildman–Crippen MR) is 122 cm³/mol. The fourth-order valence-electron chi connectivity index (χ4n) is 4.09. The molecule has 1 amide bonds. The van der Waals surface area contributed by atoms with Gasteiger partial charge >= 0.3 is 0 Å². The third-order valence-electron chi connectivity index (χ3n) is 5.65. The number of ketones is 1. The topological polar surface area (TPSA) is 100 Å². The van der Waals surface area contributed by atoms with Crippen LogP contribution in [-0.2, 0) is 11.3 Å². The Morgan fingerprint density at radius 1 is 1.12 bits per heavy atom. The number of aromatic hydroxyl groups is 1. The number of methoxy groups -OCH3 is 1. The van der Waals surface area contributed by atoms with Crippen LogP contribution in [0.25, 0.3) is 11.0 Å². The van der Waals surface area contributed by atoms with Crippen LogP contribution in [0.2, 0.25) is 0 Å². The number of phenolic OH excluding ortho intramolecular Hbond substituents is 1. The molecule has 3 heterocycles. The van der Waals surface area contributed by atoms with E-state index in [2.05, 4.69) is 0 Å². The molecule has 2 aromatic heterocycles. The normalized spacial score (nSPS) is 16.1. The molecule has 1 atom stereocenters. The molecular weight excluding hydrogens is 442 g/mol. The van der Waals surface area contributed by atoms with Crippen molar-refractivity contribution >= 4 is 34.0 Å². The van der Waals surface area contributed by atoms with Crippen LogP contribution in [0, 0.1) is 0 Å². The van der Waals surface area contributed by atoms with E-state index in [4.69, 9.17) is 9.15 Å². The van der Waals surface area contributed by atoms with Gasteiger partial charge in [0.05, 0.1) is 25.3 Å². The molecule has 33 heavy (non-hydrogen) atoms. The Morgan fingerprint density at radius 3 is 2.67 bits per heavy atom. The third kappa shape index (κ3) is 3.44. The lowest BCUT2D eigenvalue weighted by molar-refractivity contribution is -0.130. The zero-order valence-electron chi connectivity index (χ0n) is 17.5. The number of carbonyl (C=O) groups excluding carboxylic acids is 2. The van der Waals surface area contributed by atoms with E-state index in [9.17, 15) is 19.8 Å². The first-order chi connectivity index (χ1) is 16.0. The summed E-state index contributed by atoms with van der Waals surface area (Å²) in [5.41, 5.74) is 0.628. The second kappa shape index (κ2) is 8.14. The second-order valence-corrected chi connectivity index (χ2v) is 8.59. The number of aliphatic hydroxyl groups excluding tert-OH is 1. The van der Waals surface area contributed by atoms with Crippen LogP contribution >= 0.6 is 11.3 Å². The number of phenols is 1. The highest BCUT2D eigenvalue weighted by atomic mass is 32.1. The van der Waals surface area contributed by atoms with Gasteiger partial charge in [-0.1, -0.05) is 36.4 Å². The Kier molecular flexibility index (Phi) is 5.14. The lowest BCUT2D eigenvalue weighted by atomic mass is 9.94. The number of ether oxygens (including phenoxy) is 1. The number of hydrogen-bond acceptors (Lipinski definition) is 7. The van der Waals surface area contributed by atoms with Crippen molar-refractivity contribution in [2.75, 3.05) is 7.11 Å². The van der Waals surface area contributed by atoms with Crippen LogP contribution < -0.4 is 4.74 Å². The van der Waals surface area contributed by atoms with Crippen molar-refractivity contribution in [3.63, 3.8) is 0 Å². The summed E-state index contributed by atoms with van der Waals surface area (Å²) < 4.78 is 10.9. The van der Waals surface area contributed by atoms with Crippen LogP contribution in [-0.4, -0.2) is 33.9 Å². The standard InChI is InChI=1S/C25H19NO6S/c1-31-18-10-4-8-16(22(18)27)21-20(23(28)19-12-14-6-2-3-9-17(14)32-19)24(29)25(30)26(21)13-15-7-5-11-33-15/h2-12,21,27,29H,13H2,1H3. The highest BCUT2D eigenvalue weighted by Crippen LogP contribution is 2.45. The Labute approximate surface area is 192 Å². The minimum atomic E-state index is -1.03. The molecule has 0 radical (unpaired) electrons. The number of fused-ring (bicyclic) bond motifs is 1. The van der Waals surface area contributed by atoms with Gasteiger partial charge in [-0.25, -0.2) is 0 Å². The van der Waals surface area contributed by atoms with Crippen molar-refractivity contribution < 1.29 is 29.0 Å². The molecule has 2 aromatic carbocycles. The Hall–Kier alpha value is -4.04. The number of aliphatic hydroxyl groups is 1. The maximum atomic E-state index is 13.6. The van der Waals surface area contributed by atoms with Crippen LogP contribution in [0.15, 0.2) is 81.8 Å². The number of benzene rings is 2. The number of carbonyl (C=O) groups is 2. The number of furan rings is 1. The number of para-hydroxylation sites is 2. The summed E-state index contributed by atoms with van der Waals surface area (Å²) >= 11 is 1.45. The Morgan fingerprint density at radius 2 is 1.94 bits per heavy atom. The third-order valence-corrected chi connectivity index (χ3v) is 6.51. The quantitative estimate of drug-likeness (QED) is 0.393. The summed E-state index contributed by atoms with van der Waals surface area (Å²) in [7, 11) is 1.41. The molecule has 0 spiro atoms. The Bertz CT molecular complexity index is 1370. The van der Waals surface area contributed by atoms with E-state index >= 15 is 0 Å². The molecule has 166 valence electrons. The molecule has 8 heteroatoms. The van der Waals surface area contributed by atoms with Gasteiger partial charge in [0.2, 0.25) is 5.78 Å². The molecule has 1 aliphatic heterocycles. The smallest absolute Gasteiger partial charge is 0.290 e. The van der Waals surface area contributed by atoms with Gasteiger partial charge in [0.15, 0.2) is 23.0 Å². The molecule has 0 saturated heterocycles. The zero-order valence-corrected chi connectivity index (χ0v) is 18.3. The molecule has 1 unspecified atom stereocenters. The molecule has 0 bridgehead atoms. The monoisotopic (exact) mass is 461 g/mol. The van der Waals surface area contributed by atoms with E-state index in [0.29, 0.717) is 5.58 Å². The van der Waals surface area contributed by atoms with Crippen molar-refractivity contribution in [1.29, 1.82) is 0 Å². The summed E-state index contributed by atoms with van der Waals surface area (Å²) in [5.74, 6) is -2.01. The number of rotatable bonds is 6. The first-order valence-electron chi connectivity index (χ1n) is 10.1. The summed E-state index contributed by atoms with van der Waals surface area (Å²) in [5, 5.41) is 24.3. The average molecular weight is 461 g/mol. The molecule has 2 N–H and O–H groups in total. The molecule has 0 aliphatic carbocycles. The van der Waals surface area contributed by atoms with Gasteiger partial charge in [-0.15, -0.1) is 11.3 Å². The summed E-state index contributed by atoms with van der Waals surface area (Å²) in [6.45, 7) is 0.152. The van der Waals surface area contributed by atoms with Gasteiger partial charge in [0.1, 0.15) is 5.58 Å². The number of nitrogens with zero attached hydrogens (tertiary/aromatic N) is 1. The lowest BCUT2D eigenvalue weighted by Gasteiger charge is -2.27. The molecule has 0 fully saturated rings. The fraction of sp³-hybridized carbons (Fsp3) is 0.120. The van der Waals surface area contributed by atoms with Gasteiger partial charge in [0.25, 0.3) is 5.91 Å². The first-order valence-corrected chi connectivity index (χ1v) is 11.0. The van der Waals surface area contributed by atoms with Crippen molar-refractivity contribution in [1.82, 2.24) is 4.90 Å². The fourth-order valence-corrected chi connectivity index (χ4v) is 4.80. The zero-order chi connectivity index (χ0) is 23.1. The minimum absolute atomic E-state index is 0.00379. The molecule has 1 aliphatic rings. The van der Waals surface area contributed by atoms with E-state index in [0.717, 1.165) is 10.3 Å². The van der Waals surface area contributed by atoms with Crippen LogP contribution in [0.1, 0.15) is 27.0 Å². The van der Waals surface area contributed by atoms with Crippen LogP contribution in [0.5, 0.6) is 11.5 Å². The Balaban J connectivity index is 1.65. The second-order valence-electron chi connectivity index (χ2n) is 7.55. The van der Waals surface area contributed by atoms with Crippen LogP contribution in [0.3, 0.4) is 0 Å². The molecule has 5 rings (SSSR count). The van der Waals surface area contributed by atoms with E-state index in [1.54, 1.807) is 42.5 Å². The van der Waals surface area contributed by atoms with Crippen LogP contribution in [0.4, 0.5) is 0 Å². The largest absolute Gasteiger partial charge is 0.504 e. The molecule has 0 saturated carbocycles. The van der Waals surface area contributed by atoms with Gasteiger partial charge in [-0.3, -0.25) is 9.59 Å². The maximum Gasteiger partial charge on any atom is 0.290 e. The van der Waals surface area contributed by atoms with E-state index in [-0.39, 0.29) is 34.9 Å². The van der Waals surface area contributed by atoms with E-state index < -0.39 is 23.5 Å². The molecular formula is C25H19NO6S. The van der Waals surface area contributed by atoms with E-state index in [1.807, 2.05) is 23.6 Å². The van der Waals surface area contributed by atoms with Gasteiger partial charge < -0.3 is 24.3 Å². The summed E-state index contributed by atoms with van der Waals surface area (Å²) in [6.07, 6.45) is 0. The number of Topliss-reactive ketones (excluding diaryl/α,β-unsaturated/α-hetero) is 1. The highest BCUT2D eigenvalue weighted by molar-refractivity contribution is 7.09. The summed E-state index contributed by atoms with van der Waals surface area (Å²) in [4.78, 5) is 28.9. The van der Waals surface area contributed by atoms with Gasteiger partial charge in [-0.05, 0) is 29.6 Å². The first kappa shape index (κ1) is 20.8. The average Bonchev–Trinajstić information content (AvgIpc) is 3.54. The molecule has 7 nitrogen and oxygen atoms in total. The number of amides is 1. The van der Waals surface area contributed by atoms with Crippen molar-refractivity contribution in [2.45, 2.75) is 12.6 Å². The maximum absolute atomic E-state index is 13.6. The van der Waals surface area contributed by atoms with Crippen molar-refractivity contribution in [3.8, 4) is 11.5 Å². The van der Waals surface area contributed by atoms with E-state index in [1.165, 1.54) is 23.3 Å².